The molecule has 0 aliphatic rings. The molecule has 0 unspecified atom stereocenters. The van der Waals surface area contributed by atoms with E-state index in [4.69, 9.17) is 10.5 Å². The Morgan fingerprint density at radius 2 is 1.95 bits per heavy atom. The lowest BCUT2D eigenvalue weighted by Crippen LogP contribution is -2.14. The lowest BCUT2D eigenvalue weighted by Gasteiger charge is -2.21. The lowest BCUT2D eigenvalue weighted by molar-refractivity contribution is 0.415. The van der Waals surface area contributed by atoms with Gasteiger partial charge in [0.25, 0.3) is 0 Å². The first-order valence-corrected chi connectivity index (χ1v) is 6.37. The Hall–Kier alpha value is -2.30. The molecule has 2 aromatic rings. The minimum absolute atomic E-state index is 0.000108. The maximum atomic E-state index is 11.5. The molecule has 0 atom stereocenters. The average molecular weight is 273 g/mol. The second kappa shape index (κ2) is 5.00. The summed E-state index contributed by atoms with van der Waals surface area (Å²) in [7, 11) is 1.60. The van der Waals surface area contributed by atoms with Crippen molar-refractivity contribution in [2.45, 2.75) is 26.2 Å². The Morgan fingerprint density at radius 1 is 1.25 bits per heavy atom. The van der Waals surface area contributed by atoms with Gasteiger partial charge in [0, 0.05) is 11.6 Å². The number of hydrogen-bond acceptors (Lipinski definition) is 4. The SMILES string of the molecule is COc1ccc(C(C)(C)C)cc1-c1cc(N)nc(=O)[nH]1. The molecular formula is C15H19N3O2. The van der Waals surface area contributed by atoms with E-state index in [2.05, 4.69) is 30.7 Å². The molecule has 1 aromatic carbocycles. The number of ether oxygens (including phenoxy) is 1. The van der Waals surface area contributed by atoms with E-state index in [1.165, 1.54) is 0 Å². The second-order valence-electron chi connectivity index (χ2n) is 5.69. The van der Waals surface area contributed by atoms with E-state index < -0.39 is 5.69 Å². The van der Waals surface area contributed by atoms with Gasteiger partial charge in [-0.1, -0.05) is 26.8 Å². The largest absolute Gasteiger partial charge is 0.496 e. The highest BCUT2D eigenvalue weighted by atomic mass is 16.5. The topological polar surface area (TPSA) is 81.0 Å². The van der Waals surface area contributed by atoms with Crippen LogP contribution in [0.1, 0.15) is 26.3 Å². The Kier molecular flexibility index (Phi) is 3.53. The number of nitrogens with two attached hydrogens (primary N) is 1. The zero-order valence-electron chi connectivity index (χ0n) is 12.2. The summed E-state index contributed by atoms with van der Waals surface area (Å²) in [6, 6.07) is 7.55. The first-order chi connectivity index (χ1) is 9.31. The van der Waals surface area contributed by atoms with Crippen molar-refractivity contribution in [3.05, 3.63) is 40.3 Å². The molecule has 0 radical (unpaired) electrons. The first-order valence-electron chi connectivity index (χ1n) is 6.37. The van der Waals surface area contributed by atoms with Gasteiger partial charge in [-0.25, -0.2) is 4.79 Å². The van der Waals surface area contributed by atoms with E-state index in [9.17, 15) is 4.79 Å². The van der Waals surface area contributed by atoms with Gasteiger partial charge in [0.05, 0.1) is 12.8 Å². The third kappa shape index (κ3) is 2.82. The fraction of sp³-hybridized carbons (Fsp3) is 0.333. The summed E-state index contributed by atoms with van der Waals surface area (Å²) >= 11 is 0. The van der Waals surface area contributed by atoms with Gasteiger partial charge in [-0.05, 0) is 23.1 Å². The van der Waals surface area contributed by atoms with Crippen LogP contribution in [0.3, 0.4) is 0 Å². The molecule has 106 valence electrons. The van der Waals surface area contributed by atoms with E-state index in [0.29, 0.717) is 11.4 Å². The molecule has 0 amide bonds. The summed E-state index contributed by atoms with van der Waals surface area (Å²) in [5.41, 5.74) is 7.71. The number of aromatic amines is 1. The summed E-state index contributed by atoms with van der Waals surface area (Å²) in [6.07, 6.45) is 0. The van der Waals surface area contributed by atoms with Crippen LogP contribution in [-0.4, -0.2) is 17.1 Å². The van der Waals surface area contributed by atoms with Crippen molar-refractivity contribution < 1.29 is 4.74 Å². The number of benzene rings is 1. The van der Waals surface area contributed by atoms with E-state index >= 15 is 0 Å². The summed E-state index contributed by atoms with van der Waals surface area (Å²) in [5.74, 6) is 0.867. The van der Waals surface area contributed by atoms with Crippen molar-refractivity contribution in [3.63, 3.8) is 0 Å². The Morgan fingerprint density at radius 3 is 2.50 bits per heavy atom. The number of nitrogen functional groups attached to an aromatic ring is 1. The van der Waals surface area contributed by atoms with E-state index in [-0.39, 0.29) is 11.2 Å². The van der Waals surface area contributed by atoms with Gasteiger partial charge < -0.3 is 15.5 Å². The van der Waals surface area contributed by atoms with Crippen LogP contribution in [-0.2, 0) is 5.41 Å². The molecular weight excluding hydrogens is 254 g/mol. The molecule has 5 nitrogen and oxygen atoms in total. The summed E-state index contributed by atoms with van der Waals surface area (Å²) in [5, 5.41) is 0. The minimum Gasteiger partial charge on any atom is -0.496 e. The van der Waals surface area contributed by atoms with Crippen LogP contribution in [0.4, 0.5) is 5.82 Å². The summed E-state index contributed by atoms with van der Waals surface area (Å²) < 4.78 is 5.36. The van der Waals surface area contributed by atoms with Crippen LogP contribution < -0.4 is 16.2 Å². The maximum absolute atomic E-state index is 11.5. The van der Waals surface area contributed by atoms with Crippen molar-refractivity contribution in [2.24, 2.45) is 0 Å². The summed E-state index contributed by atoms with van der Waals surface area (Å²) in [4.78, 5) is 17.8. The molecule has 3 N–H and O–H groups in total. The van der Waals surface area contributed by atoms with E-state index in [1.54, 1.807) is 13.2 Å². The molecule has 1 heterocycles. The zero-order chi connectivity index (χ0) is 14.9. The van der Waals surface area contributed by atoms with Crippen LogP contribution in [0.25, 0.3) is 11.3 Å². The molecule has 0 bridgehead atoms. The molecule has 1 aromatic heterocycles. The zero-order valence-corrected chi connectivity index (χ0v) is 12.2. The molecule has 0 saturated heterocycles. The molecule has 2 rings (SSSR count). The Labute approximate surface area is 117 Å². The van der Waals surface area contributed by atoms with Crippen LogP contribution in [0, 0.1) is 0 Å². The number of hydrogen-bond donors (Lipinski definition) is 2. The normalized spacial score (nSPS) is 11.4. The molecule has 5 heteroatoms. The quantitative estimate of drug-likeness (QED) is 0.880. The smallest absolute Gasteiger partial charge is 0.347 e. The van der Waals surface area contributed by atoms with Gasteiger partial charge in [0.1, 0.15) is 11.6 Å². The van der Waals surface area contributed by atoms with Gasteiger partial charge >= 0.3 is 5.69 Å². The van der Waals surface area contributed by atoms with Crippen molar-refractivity contribution in [2.75, 3.05) is 12.8 Å². The number of nitrogens with one attached hydrogen (secondary N) is 1. The summed E-state index contributed by atoms with van der Waals surface area (Å²) in [6.45, 7) is 6.38. The standard InChI is InChI=1S/C15H19N3O2/c1-15(2,3)9-5-6-12(20-4)10(7-9)11-8-13(16)18-14(19)17-11/h5-8H,1-4H3,(H3,16,17,18,19). The number of rotatable bonds is 2. The Balaban J connectivity index is 2.67. The Bertz CT molecular complexity index is 684. The predicted octanol–water partition coefficient (Wildman–Crippen LogP) is 2.33. The average Bonchev–Trinajstić information content (AvgIpc) is 2.35. The van der Waals surface area contributed by atoms with Gasteiger partial charge in [-0.3, -0.25) is 0 Å². The number of H-pyrrole nitrogens is 1. The van der Waals surface area contributed by atoms with Crippen LogP contribution in [0.5, 0.6) is 5.75 Å². The molecule has 0 aliphatic carbocycles. The van der Waals surface area contributed by atoms with E-state index in [1.807, 2.05) is 18.2 Å². The predicted molar refractivity (Wildman–Crippen MR) is 80.0 cm³/mol. The van der Waals surface area contributed by atoms with Gasteiger partial charge in [-0.15, -0.1) is 0 Å². The van der Waals surface area contributed by atoms with Crippen molar-refractivity contribution >= 4 is 5.82 Å². The molecule has 0 spiro atoms. The monoisotopic (exact) mass is 273 g/mol. The highest BCUT2D eigenvalue weighted by molar-refractivity contribution is 5.69. The molecule has 20 heavy (non-hydrogen) atoms. The van der Waals surface area contributed by atoms with Crippen molar-refractivity contribution in [3.8, 4) is 17.0 Å². The molecule has 0 fully saturated rings. The molecule has 0 saturated carbocycles. The molecule has 0 aliphatic heterocycles. The van der Waals surface area contributed by atoms with E-state index in [0.717, 1.165) is 11.1 Å². The van der Waals surface area contributed by atoms with Crippen molar-refractivity contribution in [1.29, 1.82) is 0 Å². The van der Waals surface area contributed by atoms with Gasteiger partial charge in [0.15, 0.2) is 0 Å². The highest BCUT2D eigenvalue weighted by Gasteiger charge is 2.17. The number of methoxy groups -OCH3 is 1. The first kappa shape index (κ1) is 14.1. The maximum Gasteiger partial charge on any atom is 0.347 e. The van der Waals surface area contributed by atoms with Crippen LogP contribution in [0.2, 0.25) is 0 Å². The third-order valence-electron chi connectivity index (χ3n) is 3.12. The highest BCUT2D eigenvalue weighted by Crippen LogP contribution is 2.33. The third-order valence-corrected chi connectivity index (χ3v) is 3.12. The van der Waals surface area contributed by atoms with Gasteiger partial charge in [-0.2, -0.15) is 4.98 Å². The minimum atomic E-state index is -0.469. The van der Waals surface area contributed by atoms with Gasteiger partial charge in [0.2, 0.25) is 0 Å². The number of nitrogens with zero attached hydrogens (tertiary/aromatic N) is 1. The fourth-order valence-corrected chi connectivity index (χ4v) is 2.01. The second-order valence-corrected chi connectivity index (χ2v) is 5.69. The number of aromatic nitrogens is 2. The van der Waals surface area contributed by atoms with Crippen LogP contribution >= 0.6 is 0 Å². The number of anilines is 1. The lowest BCUT2D eigenvalue weighted by atomic mass is 9.85. The van der Waals surface area contributed by atoms with Crippen LogP contribution in [0.15, 0.2) is 29.1 Å². The van der Waals surface area contributed by atoms with Crippen molar-refractivity contribution in [1.82, 2.24) is 9.97 Å². The fourth-order valence-electron chi connectivity index (χ4n) is 2.01.